The molecule has 27 heavy (non-hydrogen) atoms. The van der Waals surface area contributed by atoms with Gasteiger partial charge in [0.05, 0.1) is 22.4 Å². The Balaban J connectivity index is 1.65. The van der Waals surface area contributed by atoms with Crippen LogP contribution in [0.4, 0.5) is 0 Å². The molecule has 1 saturated heterocycles. The van der Waals surface area contributed by atoms with E-state index in [0.717, 1.165) is 24.0 Å². The highest BCUT2D eigenvalue weighted by atomic mass is 16.7. The van der Waals surface area contributed by atoms with Crippen LogP contribution in [0.2, 0.25) is 0 Å². The molecule has 1 aliphatic carbocycles. The Bertz CT molecular complexity index is 942. The second kappa shape index (κ2) is 5.06. The third-order valence-electron chi connectivity index (χ3n) is 6.95. The fraction of sp³-hybridized carbons (Fsp3) is 0.476. The van der Waals surface area contributed by atoms with Crippen molar-refractivity contribution in [1.82, 2.24) is 9.47 Å². The third-order valence-corrected chi connectivity index (χ3v) is 6.95. The van der Waals surface area contributed by atoms with E-state index in [1.165, 1.54) is 5.56 Å². The normalized spacial score (nSPS) is 24.0. The molecular formula is C21H25BN2O3. The van der Waals surface area contributed by atoms with Gasteiger partial charge in [0, 0.05) is 18.8 Å². The first kappa shape index (κ1) is 17.1. The van der Waals surface area contributed by atoms with Gasteiger partial charge in [-0.25, -0.2) is 0 Å². The predicted molar refractivity (Wildman–Crippen MR) is 104 cm³/mol. The summed E-state index contributed by atoms with van der Waals surface area (Å²) in [6.45, 7) is 8.25. The molecule has 1 aromatic heterocycles. The fourth-order valence-corrected chi connectivity index (χ4v) is 4.30. The van der Waals surface area contributed by atoms with E-state index >= 15 is 0 Å². The standard InChI is InChI=1S/C21H25BN2O3/c1-19(2)20(3,4)27-22(26-19)14-8-9-15-17(13-14)24-12-6-7-16(24)18(25)23(5)21(15)10-11-21/h6-9,12-13H,10-11H2,1-5H3. The molecular weight excluding hydrogens is 339 g/mol. The fourth-order valence-electron chi connectivity index (χ4n) is 4.30. The molecule has 3 heterocycles. The highest BCUT2D eigenvalue weighted by molar-refractivity contribution is 6.62. The number of fused-ring (bicyclic) bond motifs is 4. The summed E-state index contributed by atoms with van der Waals surface area (Å²) in [7, 11) is 1.51. The number of amides is 1. The van der Waals surface area contributed by atoms with Gasteiger partial charge in [-0.05, 0) is 64.2 Å². The first-order valence-electron chi connectivity index (χ1n) is 9.62. The van der Waals surface area contributed by atoms with Gasteiger partial charge in [0.2, 0.25) is 0 Å². The van der Waals surface area contributed by atoms with Crippen LogP contribution in [0.15, 0.2) is 36.5 Å². The summed E-state index contributed by atoms with van der Waals surface area (Å²) in [5.74, 6) is 0.0749. The largest absolute Gasteiger partial charge is 0.494 e. The van der Waals surface area contributed by atoms with Gasteiger partial charge >= 0.3 is 7.12 Å². The quantitative estimate of drug-likeness (QED) is 0.731. The van der Waals surface area contributed by atoms with Crippen LogP contribution in [0.5, 0.6) is 0 Å². The molecule has 3 aliphatic rings. The molecule has 2 aromatic rings. The number of carbonyl (C=O) groups excluding carboxylic acids is 1. The van der Waals surface area contributed by atoms with Gasteiger partial charge in [-0.3, -0.25) is 4.79 Å². The summed E-state index contributed by atoms with van der Waals surface area (Å²) in [5, 5.41) is 0. The maximum absolute atomic E-state index is 13.0. The van der Waals surface area contributed by atoms with Crippen LogP contribution in [0.1, 0.15) is 56.6 Å². The van der Waals surface area contributed by atoms with E-state index < -0.39 is 7.12 Å². The maximum Gasteiger partial charge on any atom is 0.494 e. The van der Waals surface area contributed by atoms with Gasteiger partial charge in [0.15, 0.2) is 0 Å². The van der Waals surface area contributed by atoms with Crippen molar-refractivity contribution in [2.45, 2.75) is 57.3 Å². The average molecular weight is 364 g/mol. The van der Waals surface area contributed by atoms with Gasteiger partial charge in [0.1, 0.15) is 5.69 Å². The SMILES string of the molecule is CN1C(=O)c2cccn2-c2cc(B3OC(C)(C)C(C)(C)O3)ccc2C12CC2. The Kier molecular flexibility index (Phi) is 3.20. The Labute approximate surface area is 160 Å². The summed E-state index contributed by atoms with van der Waals surface area (Å²) < 4.78 is 14.5. The second-order valence-electron chi connectivity index (χ2n) is 9.02. The topological polar surface area (TPSA) is 43.7 Å². The first-order chi connectivity index (χ1) is 12.7. The van der Waals surface area contributed by atoms with E-state index in [1.807, 2.05) is 34.8 Å². The summed E-state index contributed by atoms with van der Waals surface area (Å²) in [5.41, 5.74) is 3.01. The zero-order chi connectivity index (χ0) is 19.2. The number of benzene rings is 1. The molecule has 5 nitrogen and oxygen atoms in total. The van der Waals surface area contributed by atoms with Gasteiger partial charge in [0.25, 0.3) is 5.91 Å². The Morgan fingerprint density at radius 1 is 1.04 bits per heavy atom. The number of carbonyl (C=O) groups is 1. The third kappa shape index (κ3) is 2.17. The molecule has 1 amide bonds. The summed E-state index contributed by atoms with van der Waals surface area (Å²) in [6, 6.07) is 10.2. The van der Waals surface area contributed by atoms with E-state index in [0.29, 0.717) is 5.69 Å². The van der Waals surface area contributed by atoms with Gasteiger partial charge in [-0.15, -0.1) is 0 Å². The molecule has 2 fully saturated rings. The van der Waals surface area contributed by atoms with Crippen LogP contribution < -0.4 is 5.46 Å². The summed E-state index contributed by atoms with van der Waals surface area (Å²) >= 11 is 0. The lowest BCUT2D eigenvalue weighted by molar-refractivity contribution is 0.00578. The summed E-state index contributed by atoms with van der Waals surface area (Å²) in [6.07, 6.45) is 3.97. The van der Waals surface area contributed by atoms with Crippen molar-refractivity contribution in [3.05, 3.63) is 47.8 Å². The van der Waals surface area contributed by atoms with Crippen LogP contribution in [0.3, 0.4) is 0 Å². The minimum Gasteiger partial charge on any atom is -0.399 e. The second-order valence-corrected chi connectivity index (χ2v) is 9.02. The molecule has 0 atom stereocenters. The molecule has 2 aliphatic heterocycles. The monoisotopic (exact) mass is 364 g/mol. The van der Waals surface area contributed by atoms with Crippen molar-refractivity contribution in [2.24, 2.45) is 0 Å². The first-order valence-corrected chi connectivity index (χ1v) is 9.62. The van der Waals surface area contributed by atoms with Crippen LogP contribution >= 0.6 is 0 Å². The molecule has 6 heteroatoms. The lowest BCUT2D eigenvalue weighted by atomic mass is 9.77. The number of rotatable bonds is 1. The van der Waals surface area contributed by atoms with E-state index in [9.17, 15) is 4.79 Å². The van der Waals surface area contributed by atoms with Crippen molar-refractivity contribution >= 4 is 18.5 Å². The Morgan fingerprint density at radius 3 is 2.33 bits per heavy atom. The van der Waals surface area contributed by atoms with Crippen molar-refractivity contribution in [3.8, 4) is 5.69 Å². The molecule has 0 N–H and O–H groups in total. The zero-order valence-electron chi connectivity index (χ0n) is 16.6. The van der Waals surface area contributed by atoms with E-state index in [-0.39, 0.29) is 22.6 Å². The van der Waals surface area contributed by atoms with Crippen LogP contribution in [0.25, 0.3) is 5.69 Å². The molecule has 5 rings (SSSR count). The molecule has 0 radical (unpaired) electrons. The smallest absolute Gasteiger partial charge is 0.399 e. The van der Waals surface area contributed by atoms with Crippen molar-refractivity contribution < 1.29 is 14.1 Å². The van der Waals surface area contributed by atoms with Gasteiger partial charge in [-0.1, -0.05) is 12.1 Å². The van der Waals surface area contributed by atoms with E-state index in [1.54, 1.807) is 0 Å². The number of aromatic nitrogens is 1. The molecule has 0 bridgehead atoms. The lowest BCUT2D eigenvalue weighted by Gasteiger charge is -2.32. The van der Waals surface area contributed by atoms with Crippen LogP contribution in [-0.4, -0.2) is 40.7 Å². The molecule has 1 aromatic carbocycles. The Hall–Kier alpha value is -2.05. The van der Waals surface area contributed by atoms with E-state index in [4.69, 9.17) is 9.31 Å². The highest BCUT2D eigenvalue weighted by Gasteiger charge is 2.55. The number of nitrogens with zero attached hydrogens (tertiary/aromatic N) is 2. The average Bonchev–Trinajstić information content (AvgIpc) is 3.21. The minimum absolute atomic E-state index is 0.0749. The summed E-state index contributed by atoms with van der Waals surface area (Å²) in [4.78, 5) is 14.9. The molecule has 1 spiro atoms. The zero-order valence-corrected chi connectivity index (χ0v) is 16.6. The number of hydrogen-bond acceptors (Lipinski definition) is 3. The van der Waals surface area contributed by atoms with E-state index in [2.05, 4.69) is 45.9 Å². The maximum atomic E-state index is 13.0. The predicted octanol–water partition coefficient (Wildman–Crippen LogP) is 2.85. The molecule has 1 saturated carbocycles. The van der Waals surface area contributed by atoms with Gasteiger partial charge < -0.3 is 18.8 Å². The Morgan fingerprint density at radius 2 is 1.70 bits per heavy atom. The van der Waals surface area contributed by atoms with Crippen LogP contribution in [0, 0.1) is 0 Å². The minimum atomic E-state index is -0.411. The molecule has 0 unspecified atom stereocenters. The lowest BCUT2D eigenvalue weighted by Crippen LogP contribution is -2.41. The molecule has 140 valence electrons. The highest BCUT2D eigenvalue weighted by Crippen LogP contribution is 2.53. The van der Waals surface area contributed by atoms with Crippen molar-refractivity contribution in [1.29, 1.82) is 0 Å². The van der Waals surface area contributed by atoms with Crippen LogP contribution in [-0.2, 0) is 14.8 Å². The van der Waals surface area contributed by atoms with Gasteiger partial charge in [-0.2, -0.15) is 0 Å². The number of hydrogen-bond donors (Lipinski definition) is 0. The van der Waals surface area contributed by atoms with Crippen molar-refractivity contribution in [3.63, 3.8) is 0 Å². The van der Waals surface area contributed by atoms with Crippen molar-refractivity contribution in [2.75, 3.05) is 7.05 Å².